The van der Waals surface area contributed by atoms with Gasteiger partial charge < -0.3 is 5.32 Å². The van der Waals surface area contributed by atoms with E-state index in [9.17, 15) is 4.79 Å². The summed E-state index contributed by atoms with van der Waals surface area (Å²) >= 11 is 5.92. The maximum absolute atomic E-state index is 11.7. The molecular weight excluding hydrogens is 236 g/mol. The molecule has 1 heterocycles. The van der Waals surface area contributed by atoms with E-state index in [1.165, 1.54) is 0 Å². The number of carbonyl (C=O) groups excluding carboxylic acids is 1. The van der Waals surface area contributed by atoms with Crippen LogP contribution in [-0.4, -0.2) is 10.9 Å². The minimum absolute atomic E-state index is 0.0919. The molecule has 1 aliphatic rings. The van der Waals surface area contributed by atoms with Gasteiger partial charge in [-0.25, -0.2) is 0 Å². The number of benzene rings is 1. The lowest BCUT2D eigenvalue weighted by Crippen LogP contribution is -2.13. The van der Waals surface area contributed by atoms with Crippen LogP contribution in [0, 0.1) is 5.92 Å². The van der Waals surface area contributed by atoms with Crippen molar-refractivity contribution in [2.45, 2.75) is 12.8 Å². The zero-order chi connectivity index (χ0) is 11.8. The van der Waals surface area contributed by atoms with Crippen molar-refractivity contribution in [1.82, 2.24) is 4.98 Å². The molecule has 1 fully saturated rings. The van der Waals surface area contributed by atoms with Crippen molar-refractivity contribution < 1.29 is 4.79 Å². The molecule has 0 radical (unpaired) electrons. The maximum atomic E-state index is 11.7. The first kappa shape index (κ1) is 10.5. The minimum atomic E-state index is 0.0919. The molecule has 1 saturated carbocycles. The van der Waals surface area contributed by atoms with Crippen molar-refractivity contribution in [3.8, 4) is 0 Å². The van der Waals surface area contributed by atoms with Crippen molar-refractivity contribution >= 4 is 34.0 Å². The number of halogens is 1. The number of nitrogens with one attached hydrogen (secondary N) is 1. The molecule has 0 aliphatic heterocycles. The number of hydrogen-bond acceptors (Lipinski definition) is 2. The van der Waals surface area contributed by atoms with Crippen LogP contribution in [0.1, 0.15) is 12.8 Å². The van der Waals surface area contributed by atoms with E-state index >= 15 is 0 Å². The second-order valence-corrected chi connectivity index (χ2v) is 4.75. The van der Waals surface area contributed by atoms with Crippen LogP contribution < -0.4 is 5.32 Å². The zero-order valence-corrected chi connectivity index (χ0v) is 9.87. The number of rotatable bonds is 2. The highest BCUT2D eigenvalue weighted by Crippen LogP contribution is 2.31. The summed E-state index contributed by atoms with van der Waals surface area (Å²) in [7, 11) is 0. The van der Waals surface area contributed by atoms with Gasteiger partial charge in [-0.15, -0.1) is 0 Å². The molecule has 86 valence electrons. The summed E-state index contributed by atoms with van der Waals surface area (Å²) in [4.78, 5) is 15.8. The quantitative estimate of drug-likeness (QED) is 0.884. The minimum Gasteiger partial charge on any atom is -0.324 e. The normalized spacial score (nSPS) is 14.9. The summed E-state index contributed by atoms with van der Waals surface area (Å²) in [5, 5.41) is 5.50. The Balaban J connectivity index is 2.00. The highest BCUT2D eigenvalue weighted by atomic mass is 35.5. The summed E-state index contributed by atoms with van der Waals surface area (Å²) in [6.07, 6.45) is 5.41. The first-order chi connectivity index (χ1) is 8.24. The van der Waals surface area contributed by atoms with Crippen molar-refractivity contribution in [3.63, 3.8) is 0 Å². The van der Waals surface area contributed by atoms with Crippen LogP contribution in [-0.2, 0) is 4.79 Å². The molecule has 1 amide bonds. The summed E-state index contributed by atoms with van der Waals surface area (Å²) in [6, 6.07) is 5.56. The van der Waals surface area contributed by atoms with E-state index in [0.29, 0.717) is 5.02 Å². The summed E-state index contributed by atoms with van der Waals surface area (Å²) < 4.78 is 0. The van der Waals surface area contributed by atoms with Crippen LogP contribution in [0.2, 0.25) is 5.02 Å². The van der Waals surface area contributed by atoms with Crippen LogP contribution in [0.25, 0.3) is 10.8 Å². The summed E-state index contributed by atoms with van der Waals surface area (Å²) in [6.45, 7) is 0. The van der Waals surface area contributed by atoms with Crippen molar-refractivity contribution in [1.29, 1.82) is 0 Å². The molecule has 1 aliphatic carbocycles. The largest absolute Gasteiger partial charge is 0.324 e. The van der Waals surface area contributed by atoms with E-state index in [1.807, 2.05) is 18.2 Å². The predicted octanol–water partition coefficient (Wildman–Crippen LogP) is 3.24. The summed E-state index contributed by atoms with van der Waals surface area (Å²) in [5.41, 5.74) is 0.760. The lowest BCUT2D eigenvalue weighted by molar-refractivity contribution is -0.117. The average Bonchev–Trinajstić information content (AvgIpc) is 3.12. The van der Waals surface area contributed by atoms with Gasteiger partial charge in [0.05, 0.1) is 11.9 Å². The lowest BCUT2D eigenvalue weighted by atomic mass is 10.1. The van der Waals surface area contributed by atoms with Gasteiger partial charge in [0.15, 0.2) is 0 Å². The fourth-order valence-corrected chi connectivity index (χ4v) is 2.01. The highest BCUT2D eigenvalue weighted by Gasteiger charge is 2.29. The molecule has 4 heteroatoms. The van der Waals surface area contributed by atoms with E-state index in [4.69, 9.17) is 11.6 Å². The van der Waals surface area contributed by atoms with Gasteiger partial charge in [0.25, 0.3) is 0 Å². The average molecular weight is 247 g/mol. The number of anilines is 1. The SMILES string of the molecule is O=C(Nc1cncc2cc(Cl)ccc12)C1CC1. The number of carbonyl (C=O) groups is 1. The topological polar surface area (TPSA) is 42.0 Å². The van der Waals surface area contributed by atoms with Crippen molar-refractivity contribution in [2.75, 3.05) is 5.32 Å². The maximum Gasteiger partial charge on any atom is 0.227 e. The molecule has 1 aromatic carbocycles. The van der Waals surface area contributed by atoms with Gasteiger partial charge in [0.1, 0.15) is 0 Å². The third-order valence-electron chi connectivity index (χ3n) is 2.93. The van der Waals surface area contributed by atoms with E-state index in [2.05, 4.69) is 10.3 Å². The third kappa shape index (κ3) is 2.11. The van der Waals surface area contributed by atoms with Crippen LogP contribution >= 0.6 is 11.6 Å². The van der Waals surface area contributed by atoms with E-state index in [0.717, 1.165) is 29.3 Å². The Morgan fingerprint density at radius 1 is 1.35 bits per heavy atom. The van der Waals surface area contributed by atoms with Crippen molar-refractivity contribution in [3.05, 3.63) is 35.6 Å². The van der Waals surface area contributed by atoms with Gasteiger partial charge in [-0.2, -0.15) is 0 Å². The van der Waals surface area contributed by atoms with Gasteiger partial charge in [-0.3, -0.25) is 9.78 Å². The molecule has 1 aromatic heterocycles. The van der Waals surface area contributed by atoms with Crippen LogP contribution in [0.4, 0.5) is 5.69 Å². The van der Waals surface area contributed by atoms with Crippen LogP contribution in [0.5, 0.6) is 0 Å². The molecule has 0 atom stereocenters. The Labute approximate surface area is 104 Å². The fourth-order valence-electron chi connectivity index (χ4n) is 1.83. The molecule has 0 spiro atoms. The van der Waals surface area contributed by atoms with E-state index in [1.54, 1.807) is 12.4 Å². The number of fused-ring (bicyclic) bond motifs is 1. The van der Waals surface area contributed by atoms with Gasteiger partial charge in [0, 0.05) is 27.9 Å². The Bertz CT molecular complexity index is 593. The van der Waals surface area contributed by atoms with E-state index < -0.39 is 0 Å². The Kier molecular flexibility index (Phi) is 2.48. The second kappa shape index (κ2) is 4.00. The van der Waals surface area contributed by atoms with E-state index in [-0.39, 0.29) is 11.8 Å². The number of nitrogens with zero attached hydrogens (tertiary/aromatic N) is 1. The zero-order valence-electron chi connectivity index (χ0n) is 9.11. The van der Waals surface area contributed by atoms with Crippen molar-refractivity contribution in [2.24, 2.45) is 5.92 Å². The smallest absolute Gasteiger partial charge is 0.227 e. The Hall–Kier alpha value is -1.61. The Morgan fingerprint density at radius 2 is 2.18 bits per heavy atom. The Morgan fingerprint density at radius 3 is 2.94 bits per heavy atom. The standard InChI is InChI=1S/C13H11ClN2O/c14-10-3-4-11-9(5-10)6-15-7-12(11)16-13(17)8-1-2-8/h3-8H,1-2H2,(H,16,17). The number of amides is 1. The molecule has 0 bridgehead atoms. The predicted molar refractivity (Wildman–Crippen MR) is 68.1 cm³/mol. The lowest BCUT2D eigenvalue weighted by Gasteiger charge is -2.07. The summed E-state index contributed by atoms with van der Waals surface area (Å²) in [5.74, 6) is 0.284. The molecule has 1 N–H and O–H groups in total. The first-order valence-corrected chi connectivity index (χ1v) is 5.96. The highest BCUT2D eigenvalue weighted by molar-refractivity contribution is 6.31. The molecule has 0 saturated heterocycles. The van der Waals surface area contributed by atoms with Crippen LogP contribution in [0.15, 0.2) is 30.6 Å². The molecule has 17 heavy (non-hydrogen) atoms. The molecule has 3 rings (SSSR count). The molecule has 3 nitrogen and oxygen atoms in total. The number of hydrogen-bond donors (Lipinski definition) is 1. The van der Waals surface area contributed by atoms with Gasteiger partial charge in [-0.1, -0.05) is 17.7 Å². The molecular formula is C13H11ClN2O. The van der Waals surface area contributed by atoms with Crippen LogP contribution in [0.3, 0.4) is 0 Å². The van der Waals surface area contributed by atoms with Gasteiger partial charge >= 0.3 is 0 Å². The first-order valence-electron chi connectivity index (χ1n) is 5.58. The van der Waals surface area contributed by atoms with Gasteiger partial charge in [-0.05, 0) is 25.0 Å². The molecule has 2 aromatic rings. The second-order valence-electron chi connectivity index (χ2n) is 4.32. The third-order valence-corrected chi connectivity index (χ3v) is 3.16. The molecule has 0 unspecified atom stereocenters. The fraction of sp³-hybridized carbons (Fsp3) is 0.231. The number of pyridine rings is 1. The monoisotopic (exact) mass is 246 g/mol. The van der Waals surface area contributed by atoms with Gasteiger partial charge in [0.2, 0.25) is 5.91 Å². The number of aromatic nitrogens is 1.